The molecule has 1 heterocycles. The van der Waals surface area contributed by atoms with Crippen LogP contribution in [0.5, 0.6) is 0 Å². The molecule has 2 rings (SSSR count). The number of nitrogens with one attached hydrogen (secondary N) is 1. The number of nitrogens with zero attached hydrogens (tertiary/aromatic N) is 2. The second-order valence-electron chi connectivity index (χ2n) is 4.72. The van der Waals surface area contributed by atoms with Gasteiger partial charge in [-0.3, -0.25) is 4.79 Å². The number of nitrogen functional groups attached to an aromatic ring is 2. The van der Waals surface area contributed by atoms with Crippen LogP contribution in [0.2, 0.25) is 0 Å². The van der Waals surface area contributed by atoms with E-state index in [2.05, 4.69) is 15.3 Å². The molecule has 2 aromatic rings. The van der Waals surface area contributed by atoms with Crippen LogP contribution in [0.15, 0.2) is 41.6 Å². The number of rotatable bonds is 6. The van der Waals surface area contributed by atoms with E-state index in [0.717, 1.165) is 5.56 Å². The van der Waals surface area contributed by atoms with Crippen molar-refractivity contribution in [2.24, 2.45) is 0 Å². The highest BCUT2D eigenvalue weighted by Crippen LogP contribution is 2.24. The van der Waals surface area contributed by atoms with E-state index in [1.54, 1.807) is 0 Å². The minimum atomic E-state index is -0.287. The first-order valence-corrected chi connectivity index (χ1v) is 7.84. The molecule has 0 radical (unpaired) electrons. The van der Waals surface area contributed by atoms with Crippen LogP contribution in [0.3, 0.4) is 0 Å². The third-order valence-electron chi connectivity index (χ3n) is 2.97. The Balaban J connectivity index is 1.96. The molecule has 116 valence electrons. The number of thioether (sulfide) groups is 1. The average molecular weight is 317 g/mol. The van der Waals surface area contributed by atoms with Gasteiger partial charge in [-0.25, -0.2) is 9.97 Å². The van der Waals surface area contributed by atoms with Crippen LogP contribution >= 0.6 is 11.8 Å². The van der Waals surface area contributed by atoms with E-state index in [-0.39, 0.29) is 11.2 Å². The molecule has 0 bridgehead atoms. The number of hydrogen-bond donors (Lipinski definition) is 3. The lowest BCUT2D eigenvalue weighted by molar-refractivity contribution is -0.120. The van der Waals surface area contributed by atoms with E-state index < -0.39 is 0 Å². The largest absolute Gasteiger partial charge is 0.383 e. The van der Waals surface area contributed by atoms with Crippen molar-refractivity contribution in [1.29, 1.82) is 0 Å². The van der Waals surface area contributed by atoms with Gasteiger partial charge in [-0.1, -0.05) is 49.0 Å². The third kappa shape index (κ3) is 4.63. The second-order valence-corrected chi connectivity index (χ2v) is 5.89. The molecule has 1 aromatic carbocycles. The molecule has 1 amide bonds. The standard InChI is InChI=1S/C15H19N5OS/c1-2-11(22-15-19-12(16)8-13(17)20-15)14(21)18-9-10-6-4-3-5-7-10/h3-8,11H,2,9H2,1H3,(H,18,21)(H4,16,17,19,20). The molecule has 0 saturated carbocycles. The number of anilines is 2. The van der Waals surface area contributed by atoms with Crippen molar-refractivity contribution >= 4 is 29.3 Å². The van der Waals surface area contributed by atoms with Gasteiger partial charge >= 0.3 is 0 Å². The molecule has 6 nitrogen and oxygen atoms in total. The normalized spacial score (nSPS) is 11.9. The summed E-state index contributed by atoms with van der Waals surface area (Å²) in [5, 5.41) is 3.05. The van der Waals surface area contributed by atoms with Gasteiger partial charge < -0.3 is 16.8 Å². The summed E-state index contributed by atoms with van der Waals surface area (Å²) in [6, 6.07) is 11.2. The predicted molar refractivity (Wildman–Crippen MR) is 89.1 cm³/mol. The van der Waals surface area contributed by atoms with Crippen LogP contribution in [-0.2, 0) is 11.3 Å². The molecular weight excluding hydrogens is 298 g/mol. The van der Waals surface area contributed by atoms with Gasteiger partial charge in [-0.15, -0.1) is 0 Å². The molecule has 0 fully saturated rings. The van der Waals surface area contributed by atoms with Gasteiger partial charge in [0.15, 0.2) is 5.16 Å². The summed E-state index contributed by atoms with van der Waals surface area (Å²) in [4.78, 5) is 20.5. The fraction of sp³-hybridized carbons (Fsp3) is 0.267. The van der Waals surface area contributed by atoms with Crippen LogP contribution in [0.4, 0.5) is 11.6 Å². The zero-order chi connectivity index (χ0) is 15.9. The van der Waals surface area contributed by atoms with Gasteiger partial charge in [0.05, 0.1) is 5.25 Å². The maximum absolute atomic E-state index is 12.3. The highest BCUT2D eigenvalue weighted by Gasteiger charge is 2.19. The maximum Gasteiger partial charge on any atom is 0.233 e. The molecule has 1 atom stereocenters. The topological polar surface area (TPSA) is 107 Å². The molecule has 0 aliphatic rings. The second kappa shape index (κ2) is 7.65. The SMILES string of the molecule is CCC(Sc1nc(N)cc(N)n1)C(=O)NCc1ccccc1. The lowest BCUT2D eigenvalue weighted by Crippen LogP contribution is -2.32. The van der Waals surface area contributed by atoms with Crippen molar-refractivity contribution in [2.45, 2.75) is 30.3 Å². The van der Waals surface area contributed by atoms with Crippen LogP contribution < -0.4 is 16.8 Å². The van der Waals surface area contributed by atoms with Crippen LogP contribution in [0.25, 0.3) is 0 Å². The van der Waals surface area contributed by atoms with Gasteiger partial charge in [-0.2, -0.15) is 0 Å². The number of hydrogen-bond acceptors (Lipinski definition) is 6. The summed E-state index contributed by atoms with van der Waals surface area (Å²) in [6.07, 6.45) is 0.656. The van der Waals surface area contributed by atoms with Gasteiger partial charge in [0.25, 0.3) is 0 Å². The number of carbonyl (C=O) groups excluding carboxylic acids is 1. The lowest BCUT2D eigenvalue weighted by Gasteiger charge is -2.14. The Labute approximate surface area is 133 Å². The Hall–Kier alpha value is -2.28. The third-order valence-corrected chi connectivity index (χ3v) is 4.19. The molecule has 0 spiro atoms. The van der Waals surface area contributed by atoms with Crippen molar-refractivity contribution in [2.75, 3.05) is 11.5 Å². The van der Waals surface area contributed by atoms with E-state index >= 15 is 0 Å². The number of aromatic nitrogens is 2. The first kappa shape index (κ1) is 16.1. The highest BCUT2D eigenvalue weighted by molar-refractivity contribution is 8.00. The van der Waals surface area contributed by atoms with E-state index in [4.69, 9.17) is 11.5 Å². The zero-order valence-electron chi connectivity index (χ0n) is 12.3. The first-order chi connectivity index (χ1) is 10.6. The molecule has 22 heavy (non-hydrogen) atoms. The molecule has 0 saturated heterocycles. The fourth-order valence-corrected chi connectivity index (χ4v) is 2.79. The van der Waals surface area contributed by atoms with Crippen molar-refractivity contribution in [3.05, 3.63) is 42.0 Å². The molecule has 0 aliphatic carbocycles. The van der Waals surface area contributed by atoms with Gasteiger partial charge in [-0.05, 0) is 12.0 Å². The van der Waals surface area contributed by atoms with Crippen molar-refractivity contribution in [3.63, 3.8) is 0 Å². The summed E-state index contributed by atoms with van der Waals surface area (Å²) >= 11 is 1.27. The Morgan fingerprint density at radius 3 is 2.45 bits per heavy atom. The Morgan fingerprint density at radius 1 is 1.23 bits per heavy atom. The summed E-state index contributed by atoms with van der Waals surface area (Å²) < 4.78 is 0. The zero-order valence-corrected chi connectivity index (χ0v) is 13.1. The number of carbonyl (C=O) groups is 1. The van der Waals surface area contributed by atoms with Crippen LogP contribution in [-0.4, -0.2) is 21.1 Å². The number of benzene rings is 1. The van der Waals surface area contributed by atoms with Gasteiger partial charge in [0.2, 0.25) is 5.91 Å². The Bertz CT molecular complexity index is 615. The molecule has 1 unspecified atom stereocenters. The number of nitrogens with two attached hydrogens (primary N) is 2. The minimum absolute atomic E-state index is 0.0547. The van der Waals surface area contributed by atoms with Gasteiger partial charge in [0.1, 0.15) is 11.6 Å². The van der Waals surface area contributed by atoms with Crippen molar-refractivity contribution in [3.8, 4) is 0 Å². The van der Waals surface area contributed by atoms with Crippen LogP contribution in [0.1, 0.15) is 18.9 Å². The van der Waals surface area contributed by atoms with Crippen molar-refractivity contribution in [1.82, 2.24) is 15.3 Å². The Morgan fingerprint density at radius 2 is 1.86 bits per heavy atom. The van der Waals surface area contributed by atoms with E-state index in [0.29, 0.717) is 29.8 Å². The lowest BCUT2D eigenvalue weighted by atomic mass is 10.2. The smallest absolute Gasteiger partial charge is 0.233 e. The predicted octanol–water partition coefficient (Wildman–Crippen LogP) is 1.83. The maximum atomic E-state index is 12.3. The van der Waals surface area contributed by atoms with Crippen molar-refractivity contribution < 1.29 is 4.79 Å². The Kier molecular flexibility index (Phi) is 5.60. The minimum Gasteiger partial charge on any atom is -0.383 e. The summed E-state index contributed by atoms with van der Waals surface area (Å²) in [5.41, 5.74) is 12.3. The number of amides is 1. The van der Waals surface area contributed by atoms with E-state index in [1.165, 1.54) is 17.8 Å². The molecule has 7 heteroatoms. The summed E-state index contributed by atoms with van der Waals surface area (Å²) in [6.45, 7) is 2.44. The van der Waals surface area contributed by atoms with Gasteiger partial charge in [0, 0.05) is 12.6 Å². The molecule has 1 aromatic heterocycles. The van der Waals surface area contributed by atoms with Crippen LogP contribution in [0, 0.1) is 0 Å². The summed E-state index contributed by atoms with van der Waals surface area (Å²) in [5.74, 6) is 0.546. The van der Waals surface area contributed by atoms with E-state index in [1.807, 2.05) is 37.3 Å². The monoisotopic (exact) mass is 317 g/mol. The molecular formula is C15H19N5OS. The molecule has 5 N–H and O–H groups in total. The van der Waals surface area contributed by atoms with E-state index in [9.17, 15) is 4.79 Å². The average Bonchev–Trinajstić information content (AvgIpc) is 2.50. The molecule has 0 aliphatic heterocycles. The first-order valence-electron chi connectivity index (χ1n) is 6.96. The fourth-order valence-electron chi connectivity index (χ4n) is 1.86. The quantitative estimate of drug-likeness (QED) is 0.554. The summed E-state index contributed by atoms with van der Waals surface area (Å²) in [7, 11) is 0. The highest BCUT2D eigenvalue weighted by atomic mass is 32.2.